The number of rotatable bonds is 6. The molecule has 128 valence electrons. The molecular weight excluding hydrogens is 307 g/mol. The van der Waals surface area contributed by atoms with Gasteiger partial charge >= 0.3 is 0 Å². The maximum Gasteiger partial charge on any atom is 0.223 e. The molecule has 4 nitrogen and oxygen atoms in total. The highest BCUT2D eigenvalue weighted by molar-refractivity contribution is 5.76. The number of hydrogen-bond donors (Lipinski definition) is 0. The van der Waals surface area contributed by atoms with E-state index in [9.17, 15) is 9.18 Å². The number of amides is 1. The lowest BCUT2D eigenvalue weighted by atomic mass is 10.2. The van der Waals surface area contributed by atoms with Gasteiger partial charge < -0.3 is 9.32 Å². The number of oxazole rings is 1. The first kappa shape index (κ1) is 16.7. The minimum absolute atomic E-state index is 0.148. The first-order valence-corrected chi connectivity index (χ1v) is 8.68. The lowest BCUT2D eigenvalue weighted by Gasteiger charge is -2.27. The second-order valence-corrected chi connectivity index (χ2v) is 6.22. The van der Waals surface area contributed by atoms with Crippen molar-refractivity contribution in [1.29, 1.82) is 0 Å². The van der Waals surface area contributed by atoms with Crippen molar-refractivity contribution >= 4 is 5.91 Å². The van der Waals surface area contributed by atoms with Crippen LogP contribution in [0.5, 0.6) is 0 Å². The number of carbonyl (C=O) groups excluding carboxylic acids is 1. The highest BCUT2D eigenvalue weighted by Crippen LogP contribution is 2.25. The van der Waals surface area contributed by atoms with E-state index in [1.165, 1.54) is 25.1 Å². The molecule has 1 aromatic heterocycles. The number of hydrogen-bond acceptors (Lipinski definition) is 3. The summed E-state index contributed by atoms with van der Waals surface area (Å²) in [5.74, 6) is 0.687. The van der Waals surface area contributed by atoms with Gasteiger partial charge in [0.1, 0.15) is 5.82 Å². The molecule has 0 saturated heterocycles. The van der Waals surface area contributed by atoms with Crippen LogP contribution in [0.2, 0.25) is 0 Å². The molecule has 1 amide bonds. The van der Waals surface area contributed by atoms with Crippen molar-refractivity contribution in [2.24, 2.45) is 0 Å². The summed E-state index contributed by atoms with van der Waals surface area (Å²) < 4.78 is 19.4. The maximum atomic E-state index is 13.8. The Labute approximate surface area is 141 Å². The van der Waals surface area contributed by atoms with Crippen LogP contribution < -0.4 is 0 Å². The van der Waals surface area contributed by atoms with Gasteiger partial charge in [0.25, 0.3) is 0 Å². The summed E-state index contributed by atoms with van der Waals surface area (Å²) in [6.07, 6.45) is 6.97. The molecule has 1 saturated carbocycles. The van der Waals surface area contributed by atoms with Crippen LogP contribution in [0.3, 0.4) is 0 Å². The average Bonchev–Trinajstić information content (AvgIpc) is 3.26. The number of aromatic nitrogens is 1. The van der Waals surface area contributed by atoms with E-state index in [1.807, 2.05) is 11.8 Å². The lowest BCUT2D eigenvalue weighted by Crippen LogP contribution is -2.38. The van der Waals surface area contributed by atoms with Crippen LogP contribution in [-0.2, 0) is 11.2 Å². The maximum absolute atomic E-state index is 13.8. The zero-order valence-electron chi connectivity index (χ0n) is 14.0. The first-order valence-electron chi connectivity index (χ1n) is 8.68. The largest absolute Gasteiger partial charge is 0.441 e. The van der Waals surface area contributed by atoms with Crippen molar-refractivity contribution < 1.29 is 13.6 Å². The minimum atomic E-state index is -0.338. The van der Waals surface area contributed by atoms with Crippen LogP contribution in [0.15, 0.2) is 34.9 Å². The molecule has 1 fully saturated rings. The minimum Gasteiger partial charge on any atom is -0.441 e. The third kappa shape index (κ3) is 3.66. The van der Waals surface area contributed by atoms with Gasteiger partial charge in [0.15, 0.2) is 11.7 Å². The Morgan fingerprint density at radius 3 is 2.79 bits per heavy atom. The fraction of sp³-hybridized carbons (Fsp3) is 0.474. The van der Waals surface area contributed by atoms with Crippen molar-refractivity contribution in [3.05, 3.63) is 42.2 Å². The number of benzene rings is 1. The van der Waals surface area contributed by atoms with Crippen molar-refractivity contribution in [3.8, 4) is 11.3 Å². The van der Waals surface area contributed by atoms with Crippen LogP contribution in [0.4, 0.5) is 4.39 Å². The van der Waals surface area contributed by atoms with Crippen LogP contribution in [0, 0.1) is 5.82 Å². The number of nitrogens with zero attached hydrogens (tertiary/aromatic N) is 2. The molecular formula is C19H23FN2O2. The van der Waals surface area contributed by atoms with Gasteiger partial charge in [-0.3, -0.25) is 4.79 Å². The second kappa shape index (κ2) is 7.60. The standard InChI is InChI=1S/C19H23FN2O2/c1-2-22(14-7-3-4-8-14)19(23)12-11-18-21-13-17(24-18)15-9-5-6-10-16(15)20/h5-6,9-10,13-14H,2-4,7-8,11-12H2,1H3. The Balaban J connectivity index is 1.61. The molecule has 0 N–H and O–H groups in total. The van der Waals surface area contributed by atoms with E-state index >= 15 is 0 Å². The van der Waals surface area contributed by atoms with Crippen LogP contribution in [0.1, 0.15) is 44.9 Å². The van der Waals surface area contributed by atoms with Crippen LogP contribution in [0.25, 0.3) is 11.3 Å². The molecule has 24 heavy (non-hydrogen) atoms. The van der Waals surface area contributed by atoms with E-state index in [0.29, 0.717) is 36.1 Å². The van der Waals surface area contributed by atoms with Crippen molar-refractivity contribution in [3.63, 3.8) is 0 Å². The molecule has 5 heteroatoms. The third-order valence-corrected chi connectivity index (χ3v) is 4.67. The Bertz CT molecular complexity index is 692. The van der Waals surface area contributed by atoms with E-state index < -0.39 is 0 Å². The molecule has 1 aromatic carbocycles. The molecule has 1 heterocycles. The van der Waals surface area contributed by atoms with Gasteiger partial charge in [-0.2, -0.15) is 0 Å². The Hall–Kier alpha value is -2.17. The Morgan fingerprint density at radius 1 is 1.33 bits per heavy atom. The van der Waals surface area contributed by atoms with Gasteiger partial charge in [-0.25, -0.2) is 9.37 Å². The Morgan fingerprint density at radius 2 is 2.08 bits per heavy atom. The van der Waals surface area contributed by atoms with Gasteiger partial charge in [0.05, 0.1) is 11.8 Å². The zero-order valence-corrected chi connectivity index (χ0v) is 14.0. The quantitative estimate of drug-likeness (QED) is 0.797. The first-order chi connectivity index (χ1) is 11.7. The fourth-order valence-electron chi connectivity index (χ4n) is 3.42. The molecule has 0 unspecified atom stereocenters. The molecule has 0 spiro atoms. The summed E-state index contributed by atoms with van der Waals surface area (Å²) in [4.78, 5) is 18.6. The van der Waals surface area contributed by atoms with Gasteiger partial charge in [-0.1, -0.05) is 25.0 Å². The number of aryl methyl sites for hydroxylation is 1. The highest BCUT2D eigenvalue weighted by Gasteiger charge is 2.25. The molecule has 0 bridgehead atoms. The SMILES string of the molecule is CCN(C(=O)CCc1ncc(-c2ccccc2F)o1)C1CCCC1. The molecule has 0 aliphatic heterocycles. The summed E-state index contributed by atoms with van der Waals surface area (Å²) in [6, 6.07) is 6.83. The zero-order chi connectivity index (χ0) is 16.9. The van der Waals surface area contributed by atoms with E-state index in [-0.39, 0.29) is 11.7 Å². The van der Waals surface area contributed by atoms with E-state index in [1.54, 1.807) is 18.2 Å². The lowest BCUT2D eigenvalue weighted by molar-refractivity contribution is -0.133. The van der Waals surface area contributed by atoms with Gasteiger partial charge in [-0.15, -0.1) is 0 Å². The van der Waals surface area contributed by atoms with Gasteiger partial charge in [0.2, 0.25) is 5.91 Å². The molecule has 0 radical (unpaired) electrons. The Kier molecular flexibility index (Phi) is 5.28. The molecule has 0 atom stereocenters. The molecule has 1 aliphatic rings. The van der Waals surface area contributed by atoms with Crippen molar-refractivity contribution in [1.82, 2.24) is 9.88 Å². The second-order valence-electron chi connectivity index (χ2n) is 6.22. The van der Waals surface area contributed by atoms with Crippen LogP contribution in [-0.4, -0.2) is 28.4 Å². The van der Waals surface area contributed by atoms with E-state index in [0.717, 1.165) is 19.4 Å². The van der Waals surface area contributed by atoms with E-state index in [4.69, 9.17) is 4.42 Å². The monoisotopic (exact) mass is 330 g/mol. The number of carbonyl (C=O) groups is 1. The summed E-state index contributed by atoms with van der Waals surface area (Å²) in [7, 11) is 0. The average molecular weight is 330 g/mol. The van der Waals surface area contributed by atoms with Gasteiger partial charge in [-0.05, 0) is 31.9 Å². The predicted octanol–water partition coefficient (Wildman–Crippen LogP) is 4.20. The summed E-state index contributed by atoms with van der Waals surface area (Å²) in [5, 5.41) is 0. The highest BCUT2D eigenvalue weighted by atomic mass is 19.1. The summed E-state index contributed by atoms with van der Waals surface area (Å²) >= 11 is 0. The van der Waals surface area contributed by atoms with E-state index in [2.05, 4.69) is 4.98 Å². The normalized spacial score (nSPS) is 14.9. The van der Waals surface area contributed by atoms with Crippen molar-refractivity contribution in [2.75, 3.05) is 6.54 Å². The molecule has 3 rings (SSSR count). The van der Waals surface area contributed by atoms with Crippen LogP contribution >= 0.6 is 0 Å². The van der Waals surface area contributed by atoms with Gasteiger partial charge in [0, 0.05) is 25.4 Å². The third-order valence-electron chi connectivity index (χ3n) is 4.67. The summed E-state index contributed by atoms with van der Waals surface area (Å²) in [6.45, 7) is 2.77. The predicted molar refractivity (Wildman–Crippen MR) is 89.9 cm³/mol. The topological polar surface area (TPSA) is 46.3 Å². The molecule has 2 aromatic rings. The van der Waals surface area contributed by atoms with Crippen molar-refractivity contribution in [2.45, 2.75) is 51.5 Å². The number of halogens is 1. The smallest absolute Gasteiger partial charge is 0.223 e. The summed E-state index contributed by atoms with van der Waals surface area (Å²) in [5.41, 5.74) is 0.392. The molecule has 1 aliphatic carbocycles. The fourth-order valence-corrected chi connectivity index (χ4v) is 3.42.